The molecule has 0 radical (unpaired) electrons. The van der Waals surface area contributed by atoms with Gasteiger partial charge < -0.3 is 10.7 Å². The van der Waals surface area contributed by atoms with E-state index in [1.807, 2.05) is 0 Å². The summed E-state index contributed by atoms with van der Waals surface area (Å²) in [7, 11) is -3.58. The highest BCUT2D eigenvalue weighted by molar-refractivity contribution is 7.89. The molecule has 0 amide bonds. The molecule has 2 aromatic heterocycles. The predicted molar refractivity (Wildman–Crippen MR) is 72.5 cm³/mol. The number of H-pyrrole nitrogens is 1. The van der Waals surface area contributed by atoms with Crippen molar-refractivity contribution in [2.24, 2.45) is 5.73 Å². The molecule has 0 bridgehead atoms. The van der Waals surface area contributed by atoms with Crippen molar-refractivity contribution in [2.45, 2.75) is 17.4 Å². The summed E-state index contributed by atoms with van der Waals surface area (Å²) in [4.78, 5) is 7.07. The standard InChI is InChI=1S/C11H13ClN4O2S/c12-8-1-3-14-11-10(8)9(5-15-11)19(17,18)16-4-2-7(13)6-16/h1,3,5,7H,2,4,6,13H2,(H,14,15)/t7-/m1/s1. The summed E-state index contributed by atoms with van der Waals surface area (Å²) < 4.78 is 26.5. The second-order valence-corrected chi connectivity index (χ2v) is 6.89. The van der Waals surface area contributed by atoms with Gasteiger partial charge in [0.25, 0.3) is 0 Å². The van der Waals surface area contributed by atoms with E-state index >= 15 is 0 Å². The van der Waals surface area contributed by atoms with Crippen molar-refractivity contribution in [2.75, 3.05) is 13.1 Å². The number of fused-ring (bicyclic) bond motifs is 1. The topological polar surface area (TPSA) is 92.1 Å². The first kappa shape index (κ1) is 12.9. The zero-order valence-corrected chi connectivity index (χ0v) is 11.6. The van der Waals surface area contributed by atoms with Gasteiger partial charge in [0.1, 0.15) is 10.5 Å². The quantitative estimate of drug-likeness (QED) is 0.863. The lowest BCUT2D eigenvalue weighted by molar-refractivity contribution is 0.473. The molecule has 6 nitrogen and oxygen atoms in total. The number of hydrogen-bond donors (Lipinski definition) is 2. The first-order valence-electron chi connectivity index (χ1n) is 5.87. The van der Waals surface area contributed by atoms with Gasteiger partial charge in [0.15, 0.2) is 0 Å². The van der Waals surface area contributed by atoms with Gasteiger partial charge in [-0.25, -0.2) is 13.4 Å². The van der Waals surface area contributed by atoms with Crippen molar-refractivity contribution in [3.8, 4) is 0 Å². The van der Waals surface area contributed by atoms with Gasteiger partial charge in [0.05, 0.1) is 10.4 Å². The summed E-state index contributed by atoms with van der Waals surface area (Å²) >= 11 is 6.08. The Morgan fingerprint density at radius 2 is 2.32 bits per heavy atom. The summed E-state index contributed by atoms with van der Waals surface area (Å²) in [5.74, 6) is 0. The molecule has 0 saturated carbocycles. The van der Waals surface area contributed by atoms with Crippen LogP contribution in [0.4, 0.5) is 0 Å². The molecule has 8 heteroatoms. The van der Waals surface area contributed by atoms with Crippen molar-refractivity contribution in [1.82, 2.24) is 14.3 Å². The fraction of sp³-hybridized carbons (Fsp3) is 0.364. The summed E-state index contributed by atoms with van der Waals surface area (Å²) in [6.07, 6.45) is 3.64. The van der Waals surface area contributed by atoms with Gasteiger partial charge in [0, 0.05) is 31.5 Å². The molecule has 1 saturated heterocycles. The molecule has 3 rings (SSSR count). The molecule has 0 aromatic carbocycles. The predicted octanol–water partition coefficient (Wildman–Crippen LogP) is 0.938. The van der Waals surface area contributed by atoms with E-state index in [0.717, 1.165) is 0 Å². The maximum Gasteiger partial charge on any atom is 0.245 e. The van der Waals surface area contributed by atoms with Gasteiger partial charge in [-0.3, -0.25) is 0 Å². The average Bonchev–Trinajstić information content (AvgIpc) is 2.96. The van der Waals surface area contributed by atoms with E-state index in [4.69, 9.17) is 17.3 Å². The number of rotatable bonds is 2. The zero-order valence-electron chi connectivity index (χ0n) is 10.0. The third-order valence-corrected chi connectivity index (χ3v) is 5.50. The van der Waals surface area contributed by atoms with Gasteiger partial charge in [-0.1, -0.05) is 11.6 Å². The Hall–Kier alpha value is -1.15. The van der Waals surface area contributed by atoms with Gasteiger partial charge in [-0.05, 0) is 12.5 Å². The van der Waals surface area contributed by atoms with E-state index in [1.165, 1.54) is 16.7 Å². The molecule has 2 aromatic rings. The first-order valence-corrected chi connectivity index (χ1v) is 7.69. The number of nitrogens with zero attached hydrogens (tertiary/aromatic N) is 2. The molecule has 19 heavy (non-hydrogen) atoms. The number of nitrogens with two attached hydrogens (primary N) is 1. The number of sulfonamides is 1. The van der Waals surface area contributed by atoms with Crippen LogP contribution in [-0.4, -0.2) is 41.8 Å². The Kier molecular flexibility index (Phi) is 3.01. The fourth-order valence-electron chi connectivity index (χ4n) is 2.30. The van der Waals surface area contributed by atoms with Gasteiger partial charge in [-0.15, -0.1) is 0 Å². The number of nitrogens with one attached hydrogen (secondary N) is 1. The lowest BCUT2D eigenvalue weighted by Crippen LogP contribution is -2.31. The normalized spacial score (nSPS) is 21.3. The molecule has 1 aliphatic rings. The number of hydrogen-bond acceptors (Lipinski definition) is 4. The molecule has 0 spiro atoms. The lowest BCUT2D eigenvalue weighted by Gasteiger charge is -2.15. The molecular formula is C11H13ClN4O2S. The third kappa shape index (κ3) is 2.02. The van der Waals surface area contributed by atoms with Crippen molar-refractivity contribution in [3.05, 3.63) is 23.5 Å². The smallest absolute Gasteiger partial charge is 0.245 e. The second-order valence-electron chi connectivity index (χ2n) is 4.58. The van der Waals surface area contributed by atoms with E-state index in [-0.39, 0.29) is 10.9 Å². The lowest BCUT2D eigenvalue weighted by atomic mass is 10.3. The van der Waals surface area contributed by atoms with Crippen LogP contribution in [0.1, 0.15) is 6.42 Å². The van der Waals surface area contributed by atoms with Crippen LogP contribution in [0.25, 0.3) is 11.0 Å². The molecule has 1 atom stereocenters. The van der Waals surface area contributed by atoms with Gasteiger partial charge in [0.2, 0.25) is 10.0 Å². The summed E-state index contributed by atoms with van der Waals surface area (Å²) in [6.45, 7) is 0.779. The maximum atomic E-state index is 12.6. The van der Waals surface area contributed by atoms with Crippen LogP contribution in [0.5, 0.6) is 0 Å². The van der Waals surface area contributed by atoms with Crippen LogP contribution in [0, 0.1) is 0 Å². The molecule has 102 valence electrons. The molecular weight excluding hydrogens is 288 g/mol. The molecule has 1 fully saturated rings. The van der Waals surface area contributed by atoms with Crippen LogP contribution in [0.3, 0.4) is 0 Å². The Morgan fingerprint density at radius 3 is 3.00 bits per heavy atom. The zero-order chi connectivity index (χ0) is 13.6. The minimum absolute atomic E-state index is 0.103. The van der Waals surface area contributed by atoms with Crippen molar-refractivity contribution in [1.29, 1.82) is 0 Å². The molecule has 3 N–H and O–H groups in total. The van der Waals surface area contributed by atoms with Gasteiger partial charge in [-0.2, -0.15) is 4.31 Å². The number of halogens is 1. The Morgan fingerprint density at radius 1 is 1.53 bits per heavy atom. The van der Waals surface area contributed by atoms with Crippen LogP contribution in [0.15, 0.2) is 23.4 Å². The highest BCUT2D eigenvalue weighted by Gasteiger charge is 2.33. The Bertz CT molecular complexity index is 727. The SMILES string of the molecule is N[C@@H]1CCN(S(=O)(=O)c2c[nH]c3nccc(Cl)c23)C1. The van der Waals surface area contributed by atoms with E-state index in [1.54, 1.807) is 6.07 Å². The van der Waals surface area contributed by atoms with Crippen molar-refractivity contribution in [3.63, 3.8) is 0 Å². The largest absolute Gasteiger partial charge is 0.345 e. The van der Waals surface area contributed by atoms with E-state index in [9.17, 15) is 8.42 Å². The number of aromatic amines is 1. The Labute approximate surface area is 115 Å². The Balaban J connectivity index is 2.14. The molecule has 1 aliphatic heterocycles. The van der Waals surface area contributed by atoms with Crippen LogP contribution < -0.4 is 5.73 Å². The van der Waals surface area contributed by atoms with Gasteiger partial charge >= 0.3 is 0 Å². The van der Waals surface area contributed by atoms with Crippen molar-refractivity contribution >= 4 is 32.7 Å². The monoisotopic (exact) mass is 300 g/mol. The maximum absolute atomic E-state index is 12.6. The van der Waals surface area contributed by atoms with Crippen LogP contribution in [-0.2, 0) is 10.0 Å². The van der Waals surface area contributed by atoms with E-state index < -0.39 is 10.0 Å². The first-order chi connectivity index (χ1) is 9.00. The highest BCUT2D eigenvalue weighted by atomic mass is 35.5. The van der Waals surface area contributed by atoms with E-state index in [2.05, 4.69) is 9.97 Å². The van der Waals surface area contributed by atoms with E-state index in [0.29, 0.717) is 35.6 Å². The average molecular weight is 301 g/mol. The second kappa shape index (κ2) is 4.45. The highest BCUT2D eigenvalue weighted by Crippen LogP contribution is 2.31. The minimum Gasteiger partial charge on any atom is -0.345 e. The number of pyridine rings is 1. The summed E-state index contributed by atoms with van der Waals surface area (Å²) in [5.41, 5.74) is 6.23. The minimum atomic E-state index is -3.58. The molecule has 0 unspecified atom stereocenters. The summed E-state index contributed by atoms with van der Waals surface area (Å²) in [6, 6.07) is 1.47. The van der Waals surface area contributed by atoms with Crippen LogP contribution >= 0.6 is 11.6 Å². The molecule has 0 aliphatic carbocycles. The van der Waals surface area contributed by atoms with Crippen LogP contribution in [0.2, 0.25) is 5.02 Å². The fourth-order valence-corrected chi connectivity index (χ4v) is 4.29. The molecule has 3 heterocycles. The summed E-state index contributed by atoms with van der Waals surface area (Å²) in [5, 5.41) is 0.804. The number of aromatic nitrogens is 2. The van der Waals surface area contributed by atoms with Crippen molar-refractivity contribution < 1.29 is 8.42 Å². The third-order valence-electron chi connectivity index (χ3n) is 3.29.